The van der Waals surface area contributed by atoms with Crippen molar-refractivity contribution in [3.63, 3.8) is 0 Å². The lowest BCUT2D eigenvalue weighted by molar-refractivity contribution is 0.240. The van der Waals surface area contributed by atoms with Gasteiger partial charge in [-0.1, -0.05) is 19.1 Å². The van der Waals surface area contributed by atoms with E-state index in [4.69, 9.17) is 4.74 Å². The normalized spacial score (nSPS) is 13.1. The summed E-state index contributed by atoms with van der Waals surface area (Å²) in [5.74, 6) is 0.941. The monoisotopic (exact) mass is 250 g/mol. The predicted octanol–water partition coefficient (Wildman–Crippen LogP) is 2.69. The van der Waals surface area contributed by atoms with Gasteiger partial charge in [0.2, 0.25) is 0 Å². The average molecular weight is 250 g/mol. The quantitative estimate of drug-likeness (QED) is 0.805. The summed E-state index contributed by atoms with van der Waals surface area (Å²) >= 11 is 0. The van der Waals surface area contributed by atoms with Crippen molar-refractivity contribution in [2.45, 2.75) is 32.9 Å². The summed E-state index contributed by atoms with van der Waals surface area (Å²) in [5.41, 5.74) is 1.32. The lowest BCUT2D eigenvalue weighted by Crippen LogP contribution is -2.31. The van der Waals surface area contributed by atoms with Gasteiger partial charge in [-0.05, 0) is 52.2 Å². The topological polar surface area (TPSA) is 24.5 Å². The van der Waals surface area contributed by atoms with Crippen molar-refractivity contribution in [3.8, 4) is 5.75 Å². The molecule has 0 spiro atoms. The van der Waals surface area contributed by atoms with Crippen LogP contribution in [-0.2, 0) is 0 Å². The van der Waals surface area contributed by atoms with Gasteiger partial charge >= 0.3 is 0 Å². The van der Waals surface area contributed by atoms with Crippen LogP contribution in [0.3, 0.4) is 0 Å². The molecule has 3 nitrogen and oxygen atoms in total. The van der Waals surface area contributed by atoms with E-state index in [0.29, 0.717) is 6.04 Å². The summed E-state index contributed by atoms with van der Waals surface area (Å²) in [6.07, 6.45) is 0.224. The number of benzene rings is 1. The first-order chi connectivity index (χ1) is 8.58. The molecule has 0 aliphatic heterocycles. The molecular weight excluding hydrogens is 224 g/mol. The van der Waals surface area contributed by atoms with Crippen molar-refractivity contribution in [1.29, 1.82) is 0 Å². The zero-order chi connectivity index (χ0) is 13.5. The second kappa shape index (κ2) is 7.39. The van der Waals surface area contributed by atoms with E-state index in [1.165, 1.54) is 5.56 Å². The fourth-order valence-corrected chi connectivity index (χ4v) is 1.98. The molecule has 0 fully saturated rings. The first kappa shape index (κ1) is 15.0. The summed E-state index contributed by atoms with van der Waals surface area (Å²) in [5, 5.41) is 3.26. The van der Waals surface area contributed by atoms with E-state index >= 15 is 0 Å². The Morgan fingerprint density at radius 1 is 1.22 bits per heavy atom. The highest BCUT2D eigenvalue weighted by molar-refractivity contribution is 5.29. The Morgan fingerprint density at radius 2 is 1.83 bits per heavy atom. The molecule has 0 amide bonds. The Balaban J connectivity index is 2.79. The fraction of sp³-hybridized carbons (Fsp3) is 0.600. The molecule has 1 atom stereocenters. The molecule has 1 unspecified atom stereocenters. The zero-order valence-electron chi connectivity index (χ0n) is 12.2. The summed E-state index contributed by atoms with van der Waals surface area (Å²) in [4.78, 5) is 2.34. The Hall–Kier alpha value is -1.06. The molecule has 0 saturated heterocycles. The average Bonchev–Trinajstić information content (AvgIpc) is 2.35. The lowest BCUT2D eigenvalue weighted by Gasteiger charge is -2.27. The van der Waals surface area contributed by atoms with Crippen LogP contribution in [0.25, 0.3) is 0 Å². The zero-order valence-corrected chi connectivity index (χ0v) is 12.2. The minimum Gasteiger partial charge on any atom is -0.491 e. The highest BCUT2D eigenvalue weighted by Gasteiger charge is 2.14. The smallest absolute Gasteiger partial charge is 0.119 e. The van der Waals surface area contributed by atoms with Gasteiger partial charge in [-0.2, -0.15) is 0 Å². The SMILES string of the molecule is CCN(C)C(CNC)c1ccc(OC(C)C)cc1. The van der Waals surface area contributed by atoms with Crippen molar-refractivity contribution >= 4 is 0 Å². The van der Waals surface area contributed by atoms with Crippen LogP contribution in [0.2, 0.25) is 0 Å². The third-order valence-corrected chi connectivity index (χ3v) is 3.06. The van der Waals surface area contributed by atoms with Gasteiger partial charge in [0, 0.05) is 12.6 Å². The number of ether oxygens (including phenoxy) is 1. The maximum Gasteiger partial charge on any atom is 0.119 e. The van der Waals surface area contributed by atoms with Crippen molar-refractivity contribution in [3.05, 3.63) is 29.8 Å². The van der Waals surface area contributed by atoms with Gasteiger partial charge in [-0.15, -0.1) is 0 Å². The van der Waals surface area contributed by atoms with Gasteiger partial charge < -0.3 is 10.1 Å². The molecule has 18 heavy (non-hydrogen) atoms. The Bertz CT molecular complexity index is 335. The summed E-state index contributed by atoms with van der Waals surface area (Å²) in [6, 6.07) is 8.84. The second-order valence-electron chi connectivity index (χ2n) is 4.88. The highest BCUT2D eigenvalue weighted by atomic mass is 16.5. The van der Waals surface area contributed by atoms with E-state index in [0.717, 1.165) is 18.8 Å². The molecule has 0 saturated carbocycles. The van der Waals surface area contributed by atoms with Crippen LogP contribution in [0.15, 0.2) is 24.3 Å². The first-order valence-electron chi connectivity index (χ1n) is 6.70. The van der Waals surface area contributed by atoms with Crippen LogP contribution >= 0.6 is 0 Å². The van der Waals surface area contributed by atoms with E-state index in [1.54, 1.807) is 0 Å². The molecule has 3 heteroatoms. The van der Waals surface area contributed by atoms with E-state index < -0.39 is 0 Å². The predicted molar refractivity (Wildman–Crippen MR) is 77.2 cm³/mol. The van der Waals surface area contributed by atoms with Crippen LogP contribution in [0.5, 0.6) is 5.75 Å². The molecule has 1 rings (SSSR count). The molecule has 0 heterocycles. The molecule has 1 aromatic carbocycles. The largest absolute Gasteiger partial charge is 0.491 e. The number of hydrogen-bond acceptors (Lipinski definition) is 3. The van der Waals surface area contributed by atoms with E-state index in [2.05, 4.69) is 48.5 Å². The summed E-state index contributed by atoms with van der Waals surface area (Å²) in [6.45, 7) is 8.26. The number of hydrogen-bond donors (Lipinski definition) is 1. The number of nitrogens with zero attached hydrogens (tertiary/aromatic N) is 1. The van der Waals surface area contributed by atoms with Crippen molar-refractivity contribution < 1.29 is 4.74 Å². The minimum atomic E-state index is 0.224. The number of likely N-dealkylation sites (N-methyl/N-ethyl adjacent to an activating group) is 2. The van der Waals surface area contributed by atoms with Gasteiger partial charge in [-0.25, -0.2) is 0 Å². The first-order valence-corrected chi connectivity index (χ1v) is 6.70. The van der Waals surface area contributed by atoms with Gasteiger partial charge in [0.1, 0.15) is 5.75 Å². The van der Waals surface area contributed by atoms with Crippen molar-refractivity contribution in [2.75, 3.05) is 27.2 Å². The van der Waals surface area contributed by atoms with Crippen LogP contribution in [0, 0.1) is 0 Å². The molecule has 0 aromatic heterocycles. The fourth-order valence-electron chi connectivity index (χ4n) is 1.98. The highest BCUT2D eigenvalue weighted by Crippen LogP contribution is 2.22. The third-order valence-electron chi connectivity index (χ3n) is 3.06. The maximum atomic E-state index is 5.67. The number of rotatable bonds is 7. The molecule has 1 aromatic rings. The van der Waals surface area contributed by atoms with Crippen molar-refractivity contribution in [1.82, 2.24) is 10.2 Å². The van der Waals surface area contributed by atoms with Crippen LogP contribution in [0.1, 0.15) is 32.4 Å². The molecular formula is C15H26N2O. The summed E-state index contributed by atoms with van der Waals surface area (Å²) < 4.78 is 5.67. The van der Waals surface area contributed by atoms with Gasteiger partial charge in [-0.3, -0.25) is 4.90 Å². The van der Waals surface area contributed by atoms with Crippen LogP contribution in [0.4, 0.5) is 0 Å². The van der Waals surface area contributed by atoms with E-state index in [1.807, 2.05) is 20.9 Å². The molecule has 102 valence electrons. The summed E-state index contributed by atoms with van der Waals surface area (Å²) in [7, 11) is 4.15. The van der Waals surface area contributed by atoms with Crippen LogP contribution in [-0.4, -0.2) is 38.2 Å². The maximum absolute atomic E-state index is 5.67. The standard InChI is InChI=1S/C15H26N2O/c1-6-17(5)15(11-16-4)13-7-9-14(10-8-13)18-12(2)3/h7-10,12,15-16H,6,11H2,1-5H3. The Morgan fingerprint density at radius 3 is 2.28 bits per heavy atom. The molecule has 0 aliphatic rings. The van der Waals surface area contributed by atoms with Gasteiger partial charge in [0.05, 0.1) is 6.10 Å². The molecule has 0 aliphatic carbocycles. The van der Waals surface area contributed by atoms with Gasteiger partial charge in [0.25, 0.3) is 0 Å². The van der Waals surface area contributed by atoms with Gasteiger partial charge in [0.15, 0.2) is 0 Å². The Labute approximate surface area is 111 Å². The molecule has 1 N–H and O–H groups in total. The minimum absolute atomic E-state index is 0.224. The number of nitrogens with one attached hydrogen (secondary N) is 1. The Kier molecular flexibility index (Phi) is 6.16. The second-order valence-corrected chi connectivity index (χ2v) is 4.88. The molecule has 0 bridgehead atoms. The molecule has 0 radical (unpaired) electrons. The van der Waals surface area contributed by atoms with Crippen LogP contribution < -0.4 is 10.1 Å². The van der Waals surface area contributed by atoms with E-state index in [9.17, 15) is 0 Å². The third kappa shape index (κ3) is 4.31. The van der Waals surface area contributed by atoms with E-state index in [-0.39, 0.29) is 6.10 Å². The lowest BCUT2D eigenvalue weighted by atomic mass is 10.1. The van der Waals surface area contributed by atoms with Crippen molar-refractivity contribution in [2.24, 2.45) is 0 Å².